The Hall–Kier alpha value is -2.96. The molecule has 3 aromatic heterocycles. The van der Waals surface area contributed by atoms with Crippen LogP contribution in [0, 0.1) is 11.8 Å². The monoisotopic (exact) mass is 454 g/mol. The van der Waals surface area contributed by atoms with Crippen molar-refractivity contribution in [2.45, 2.75) is 37.5 Å². The molecule has 0 bridgehead atoms. The highest BCUT2D eigenvalue weighted by atomic mass is 19.4. The van der Waals surface area contributed by atoms with Gasteiger partial charge in [0.15, 0.2) is 11.3 Å². The van der Waals surface area contributed by atoms with Gasteiger partial charge >= 0.3 is 6.18 Å². The third-order valence-corrected chi connectivity index (χ3v) is 6.10. The number of hydrogen-bond acceptors (Lipinski definition) is 7. The van der Waals surface area contributed by atoms with Gasteiger partial charge in [-0.2, -0.15) is 18.3 Å². The van der Waals surface area contributed by atoms with Crippen molar-refractivity contribution in [2.24, 2.45) is 11.8 Å². The number of aromatic nitrogens is 6. The highest BCUT2D eigenvalue weighted by molar-refractivity contribution is 5.71. The van der Waals surface area contributed by atoms with Gasteiger partial charge in [-0.05, 0) is 31.2 Å². The summed E-state index contributed by atoms with van der Waals surface area (Å²) in [6.45, 7) is 0.114. The van der Waals surface area contributed by atoms with Gasteiger partial charge in [0.1, 0.15) is 11.3 Å². The minimum absolute atomic E-state index is 0.0366. The minimum Gasteiger partial charge on any atom is -0.363 e. The molecule has 2 N–H and O–H groups in total. The van der Waals surface area contributed by atoms with Crippen molar-refractivity contribution in [1.82, 2.24) is 35.0 Å². The average molecular weight is 454 g/mol. The van der Waals surface area contributed by atoms with Crippen LogP contribution in [0.4, 0.5) is 27.8 Å². The van der Waals surface area contributed by atoms with Crippen molar-refractivity contribution < 1.29 is 22.0 Å². The molecule has 1 aliphatic carbocycles. The van der Waals surface area contributed by atoms with Crippen LogP contribution in [-0.4, -0.2) is 49.2 Å². The first kappa shape index (κ1) is 20.9. The van der Waals surface area contributed by atoms with Gasteiger partial charge in [-0.1, -0.05) is 0 Å². The lowest BCUT2D eigenvalue weighted by Gasteiger charge is -2.19. The van der Waals surface area contributed by atoms with Gasteiger partial charge in [0.05, 0.1) is 49.1 Å². The summed E-state index contributed by atoms with van der Waals surface area (Å²) in [5.74, 6) is 0.523. The molecule has 5 rings (SSSR count). The van der Waals surface area contributed by atoms with E-state index in [1.165, 1.54) is 12.4 Å². The second kappa shape index (κ2) is 7.87. The molecule has 0 radical (unpaired) electrons. The highest BCUT2D eigenvalue weighted by Crippen LogP contribution is 2.49. The van der Waals surface area contributed by atoms with E-state index in [0.29, 0.717) is 24.1 Å². The van der Waals surface area contributed by atoms with Crippen LogP contribution in [-0.2, 0) is 6.18 Å². The summed E-state index contributed by atoms with van der Waals surface area (Å²) in [5.41, 5.74) is 0.296. The van der Waals surface area contributed by atoms with Crippen LogP contribution in [0.25, 0.3) is 11.2 Å². The fourth-order valence-electron chi connectivity index (χ4n) is 4.74. The molecule has 8 nitrogen and oxygen atoms in total. The maximum absolute atomic E-state index is 13.1. The molecule has 4 atom stereocenters. The van der Waals surface area contributed by atoms with Crippen molar-refractivity contribution >= 4 is 17.0 Å². The van der Waals surface area contributed by atoms with Crippen molar-refractivity contribution in [2.75, 3.05) is 18.4 Å². The molecular formula is C19H19F5N8. The van der Waals surface area contributed by atoms with Gasteiger partial charge in [0.25, 0.3) is 6.43 Å². The summed E-state index contributed by atoms with van der Waals surface area (Å²) in [6.07, 6.45) is -0.605. The molecule has 3 aromatic rings. The summed E-state index contributed by atoms with van der Waals surface area (Å²) in [4.78, 5) is 16.2. The molecule has 2 fully saturated rings. The van der Waals surface area contributed by atoms with Crippen LogP contribution >= 0.6 is 0 Å². The number of fused-ring (bicyclic) bond motifs is 2. The first-order valence-corrected chi connectivity index (χ1v) is 10.1. The molecule has 4 heterocycles. The predicted octanol–water partition coefficient (Wildman–Crippen LogP) is 3.22. The third kappa shape index (κ3) is 3.85. The lowest BCUT2D eigenvalue weighted by molar-refractivity contribution is -0.141. The Bertz CT molecular complexity index is 1120. The van der Waals surface area contributed by atoms with Gasteiger partial charge in [0, 0.05) is 0 Å². The standard InChI is InChI=1S/C19H19F5N8/c20-15(21)7-27-16-8-26-13-5-29-32(18(13)31-16)10-1-9-3-28-17(11(9)2-10)12-4-25-6-14(30-12)19(22,23)24/h4-6,8-11,15,17,28H,1-3,7H2,(H,27,31)/t9-,10+,11+,17+/m1/s1. The summed E-state index contributed by atoms with van der Waals surface area (Å²) in [6, 6.07) is -0.374. The van der Waals surface area contributed by atoms with E-state index in [2.05, 4.69) is 35.7 Å². The molecule has 1 saturated carbocycles. The maximum atomic E-state index is 13.1. The lowest BCUT2D eigenvalue weighted by atomic mass is 9.92. The van der Waals surface area contributed by atoms with Gasteiger partial charge in [-0.3, -0.25) is 4.98 Å². The number of halogens is 5. The quantitative estimate of drug-likeness (QED) is 0.572. The van der Waals surface area contributed by atoms with Gasteiger partial charge in [-0.25, -0.2) is 28.4 Å². The molecule has 0 amide bonds. The Kier molecular flexibility index (Phi) is 5.14. The molecule has 0 spiro atoms. The first-order chi connectivity index (χ1) is 15.3. The highest BCUT2D eigenvalue weighted by Gasteiger charge is 2.46. The van der Waals surface area contributed by atoms with E-state index in [9.17, 15) is 22.0 Å². The SMILES string of the molecule is FC(F)CNc1cnc2cnn([C@H]3C[C@@H]4CN[C@H](c5cncc(C(F)(F)F)n5)[C@H]4C3)c2n1. The van der Waals surface area contributed by atoms with E-state index in [0.717, 1.165) is 12.6 Å². The van der Waals surface area contributed by atoms with Crippen molar-refractivity contribution in [3.8, 4) is 0 Å². The average Bonchev–Trinajstić information content (AvgIpc) is 3.45. The molecule has 32 heavy (non-hydrogen) atoms. The van der Waals surface area contributed by atoms with Crippen LogP contribution in [0.2, 0.25) is 0 Å². The van der Waals surface area contributed by atoms with Crippen LogP contribution in [0.1, 0.15) is 36.3 Å². The van der Waals surface area contributed by atoms with E-state index in [4.69, 9.17) is 0 Å². The molecular weight excluding hydrogens is 435 g/mol. The summed E-state index contributed by atoms with van der Waals surface area (Å²) in [5, 5.41) is 10.2. The normalized spacial score (nSPS) is 25.6. The fraction of sp³-hybridized carbons (Fsp3) is 0.526. The number of anilines is 1. The Labute approximate surface area is 178 Å². The largest absolute Gasteiger partial charge is 0.434 e. The molecule has 170 valence electrons. The molecule has 2 aliphatic rings. The van der Waals surface area contributed by atoms with E-state index in [-0.39, 0.29) is 35.4 Å². The van der Waals surface area contributed by atoms with Crippen LogP contribution in [0.3, 0.4) is 0 Å². The maximum Gasteiger partial charge on any atom is 0.434 e. The van der Waals surface area contributed by atoms with Crippen LogP contribution in [0.15, 0.2) is 24.8 Å². The van der Waals surface area contributed by atoms with Crippen LogP contribution < -0.4 is 10.6 Å². The zero-order valence-corrected chi connectivity index (χ0v) is 16.6. The van der Waals surface area contributed by atoms with Gasteiger partial charge in [-0.15, -0.1) is 0 Å². The van der Waals surface area contributed by atoms with Crippen molar-refractivity contribution in [1.29, 1.82) is 0 Å². The molecule has 0 aromatic carbocycles. The molecule has 0 unspecified atom stereocenters. The number of nitrogens with zero attached hydrogens (tertiary/aromatic N) is 6. The number of rotatable bonds is 5. The Morgan fingerprint density at radius 2 is 1.97 bits per heavy atom. The molecule has 1 saturated heterocycles. The molecule has 1 aliphatic heterocycles. The summed E-state index contributed by atoms with van der Waals surface area (Å²) < 4.78 is 65.9. The van der Waals surface area contributed by atoms with Crippen LogP contribution in [0.5, 0.6) is 0 Å². The Morgan fingerprint density at radius 3 is 2.75 bits per heavy atom. The zero-order valence-electron chi connectivity index (χ0n) is 16.6. The zero-order chi connectivity index (χ0) is 22.5. The summed E-state index contributed by atoms with van der Waals surface area (Å²) >= 11 is 0. The lowest BCUT2D eigenvalue weighted by Crippen LogP contribution is -2.22. The smallest absolute Gasteiger partial charge is 0.363 e. The third-order valence-electron chi connectivity index (χ3n) is 6.10. The van der Waals surface area contributed by atoms with E-state index >= 15 is 0 Å². The van der Waals surface area contributed by atoms with E-state index in [1.807, 2.05) is 0 Å². The van der Waals surface area contributed by atoms with Crippen molar-refractivity contribution in [3.63, 3.8) is 0 Å². The predicted molar refractivity (Wildman–Crippen MR) is 103 cm³/mol. The minimum atomic E-state index is -4.55. The Balaban J connectivity index is 1.37. The van der Waals surface area contributed by atoms with E-state index < -0.39 is 24.8 Å². The van der Waals surface area contributed by atoms with E-state index in [1.54, 1.807) is 10.9 Å². The first-order valence-electron chi connectivity index (χ1n) is 10.1. The van der Waals surface area contributed by atoms with Gasteiger partial charge < -0.3 is 10.6 Å². The second-order valence-electron chi connectivity index (χ2n) is 8.09. The topological polar surface area (TPSA) is 93.4 Å². The van der Waals surface area contributed by atoms with Gasteiger partial charge in [0.2, 0.25) is 0 Å². The second-order valence-corrected chi connectivity index (χ2v) is 8.09. The number of hydrogen-bond donors (Lipinski definition) is 2. The number of alkyl halides is 5. The summed E-state index contributed by atoms with van der Waals surface area (Å²) in [7, 11) is 0. The number of nitrogens with one attached hydrogen (secondary N) is 2. The van der Waals surface area contributed by atoms with Crippen molar-refractivity contribution in [3.05, 3.63) is 36.2 Å². The fourth-order valence-corrected chi connectivity index (χ4v) is 4.74. The Morgan fingerprint density at radius 1 is 1.12 bits per heavy atom. The molecule has 13 heteroatoms.